The molecule has 0 atom stereocenters. The lowest BCUT2D eigenvalue weighted by atomic mass is 10.0. The lowest BCUT2D eigenvalue weighted by molar-refractivity contribution is 0.0991. The minimum atomic E-state index is -0.775. The van der Waals surface area contributed by atoms with Crippen LogP contribution >= 0.6 is 0 Å². The van der Waals surface area contributed by atoms with Crippen LogP contribution in [0.2, 0.25) is 0 Å². The van der Waals surface area contributed by atoms with Gasteiger partial charge in [0.2, 0.25) is 0 Å². The van der Waals surface area contributed by atoms with E-state index in [0.717, 1.165) is 29.7 Å². The summed E-state index contributed by atoms with van der Waals surface area (Å²) in [7, 11) is 0. The Morgan fingerprint density at radius 1 is 1.19 bits per heavy atom. The minimum absolute atomic E-state index is 0.235. The number of aromatic hydroxyl groups is 1. The number of benzene rings is 1. The zero-order chi connectivity index (χ0) is 14.8. The SMILES string of the molecule is O=C(Nc1ccc2c(c1)CCOC2)c1cc(O)cc(=O)o1. The van der Waals surface area contributed by atoms with E-state index in [4.69, 9.17) is 9.15 Å². The Kier molecular flexibility index (Phi) is 3.45. The Bertz CT molecular complexity index is 750. The number of hydrogen-bond acceptors (Lipinski definition) is 5. The van der Waals surface area contributed by atoms with Gasteiger partial charge in [-0.25, -0.2) is 4.79 Å². The number of nitrogens with one attached hydrogen (secondary N) is 1. The molecule has 0 radical (unpaired) electrons. The molecule has 0 unspecified atom stereocenters. The van der Waals surface area contributed by atoms with E-state index in [2.05, 4.69) is 5.32 Å². The summed E-state index contributed by atoms with van der Waals surface area (Å²) in [6, 6.07) is 7.52. The van der Waals surface area contributed by atoms with Gasteiger partial charge in [-0.05, 0) is 29.7 Å². The van der Waals surface area contributed by atoms with Crippen molar-refractivity contribution in [2.24, 2.45) is 0 Å². The topological polar surface area (TPSA) is 88.8 Å². The zero-order valence-corrected chi connectivity index (χ0v) is 11.1. The summed E-state index contributed by atoms with van der Waals surface area (Å²) in [5, 5.41) is 12.0. The van der Waals surface area contributed by atoms with Crippen LogP contribution in [0.1, 0.15) is 21.7 Å². The largest absolute Gasteiger partial charge is 0.508 e. The fraction of sp³-hybridized carbons (Fsp3) is 0.200. The van der Waals surface area contributed by atoms with Crippen molar-refractivity contribution in [1.82, 2.24) is 0 Å². The Morgan fingerprint density at radius 2 is 2.05 bits per heavy atom. The van der Waals surface area contributed by atoms with Crippen LogP contribution < -0.4 is 10.9 Å². The van der Waals surface area contributed by atoms with Crippen molar-refractivity contribution in [2.75, 3.05) is 11.9 Å². The maximum atomic E-state index is 12.0. The summed E-state index contributed by atoms with van der Waals surface area (Å²) in [5.74, 6) is -1.13. The van der Waals surface area contributed by atoms with Gasteiger partial charge in [0.1, 0.15) is 5.75 Å². The third-order valence-electron chi connectivity index (χ3n) is 3.22. The van der Waals surface area contributed by atoms with Crippen molar-refractivity contribution < 1.29 is 19.1 Å². The maximum absolute atomic E-state index is 12.0. The van der Waals surface area contributed by atoms with E-state index in [1.165, 1.54) is 0 Å². The number of rotatable bonds is 2. The second-order valence-corrected chi connectivity index (χ2v) is 4.74. The summed E-state index contributed by atoms with van der Waals surface area (Å²) in [6.07, 6.45) is 0.792. The van der Waals surface area contributed by atoms with Gasteiger partial charge in [-0.2, -0.15) is 0 Å². The normalized spacial score (nSPS) is 13.5. The van der Waals surface area contributed by atoms with Gasteiger partial charge in [0, 0.05) is 11.8 Å². The highest BCUT2D eigenvalue weighted by atomic mass is 16.5. The number of carbonyl (C=O) groups excluding carboxylic acids is 1. The van der Waals surface area contributed by atoms with Crippen molar-refractivity contribution in [2.45, 2.75) is 13.0 Å². The highest BCUT2D eigenvalue weighted by Crippen LogP contribution is 2.21. The molecule has 2 heterocycles. The van der Waals surface area contributed by atoms with Crippen LogP contribution in [0, 0.1) is 0 Å². The van der Waals surface area contributed by atoms with Crippen molar-refractivity contribution in [3.8, 4) is 5.75 Å². The summed E-state index contributed by atoms with van der Waals surface area (Å²) in [4.78, 5) is 23.1. The van der Waals surface area contributed by atoms with Gasteiger partial charge >= 0.3 is 5.63 Å². The molecule has 1 aromatic carbocycles. The van der Waals surface area contributed by atoms with Crippen molar-refractivity contribution in [1.29, 1.82) is 0 Å². The summed E-state index contributed by atoms with van der Waals surface area (Å²) < 4.78 is 10.1. The predicted molar refractivity (Wildman–Crippen MR) is 74.4 cm³/mol. The van der Waals surface area contributed by atoms with Crippen LogP contribution in [0.25, 0.3) is 0 Å². The fourth-order valence-corrected chi connectivity index (χ4v) is 2.21. The predicted octanol–water partition coefficient (Wildman–Crippen LogP) is 1.67. The molecule has 6 heteroatoms. The first kappa shape index (κ1) is 13.4. The zero-order valence-electron chi connectivity index (χ0n) is 11.1. The first-order valence-electron chi connectivity index (χ1n) is 6.47. The monoisotopic (exact) mass is 287 g/mol. The minimum Gasteiger partial charge on any atom is -0.508 e. The third-order valence-corrected chi connectivity index (χ3v) is 3.22. The Labute approximate surface area is 120 Å². The molecule has 2 N–H and O–H groups in total. The van der Waals surface area contributed by atoms with Crippen LogP contribution in [0.4, 0.5) is 5.69 Å². The van der Waals surface area contributed by atoms with Crippen LogP contribution in [-0.4, -0.2) is 17.6 Å². The number of carbonyl (C=O) groups is 1. The molecular weight excluding hydrogens is 274 g/mol. The molecule has 1 aliphatic rings. The fourth-order valence-electron chi connectivity index (χ4n) is 2.21. The molecule has 0 spiro atoms. The molecule has 6 nitrogen and oxygen atoms in total. The van der Waals surface area contributed by atoms with Crippen molar-refractivity contribution in [3.05, 3.63) is 57.6 Å². The maximum Gasteiger partial charge on any atom is 0.340 e. The number of hydrogen-bond donors (Lipinski definition) is 2. The molecule has 108 valence electrons. The standard InChI is InChI=1S/C15H13NO5/c17-12-6-13(21-14(18)7-12)15(19)16-11-2-1-10-8-20-4-3-9(10)5-11/h1-2,5-7,17H,3-4,8H2,(H,16,19). The van der Waals surface area contributed by atoms with E-state index in [1.807, 2.05) is 12.1 Å². The smallest absolute Gasteiger partial charge is 0.340 e. The number of fused-ring (bicyclic) bond motifs is 1. The molecule has 21 heavy (non-hydrogen) atoms. The summed E-state index contributed by atoms with van der Waals surface area (Å²) >= 11 is 0. The van der Waals surface area contributed by atoms with Crippen molar-refractivity contribution >= 4 is 11.6 Å². The molecule has 1 aliphatic heterocycles. The molecule has 2 aromatic rings. The van der Waals surface area contributed by atoms with Gasteiger partial charge in [0.25, 0.3) is 5.91 Å². The van der Waals surface area contributed by atoms with E-state index < -0.39 is 11.5 Å². The van der Waals surface area contributed by atoms with Crippen LogP contribution in [-0.2, 0) is 17.8 Å². The Morgan fingerprint density at radius 3 is 2.86 bits per heavy atom. The van der Waals surface area contributed by atoms with E-state index in [9.17, 15) is 14.7 Å². The van der Waals surface area contributed by atoms with Crippen LogP contribution in [0.3, 0.4) is 0 Å². The van der Waals surface area contributed by atoms with Crippen molar-refractivity contribution in [3.63, 3.8) is 0 Å². The second-order valence-electron chi connectivity index (χ2n) is 4.74. The average Bonchev–Trinajstić information content (AvgIpc) is 2.46. The van der Waals surface area contributed by atoms with E-state index >= 15 is 0 Å². The molecule has 0 saturated heterocycles. The summed E-state index contributed by atoms with van der Waals surface area (Å²) in [5.41, 5.74) is 2.05. The molecule has 0 bridgehead atoms. The first-order chi connectivity index (χ1) is 10.1. The molecule has 0 saturated carbocycles. The molecule has 3 rings (SSSR count). The highest BCUT2D eigenvalue weighted by Gasteiger charge is 2.14. The van der Waals surface area contributed by atoms with Crippen LogP contribution in [0.15, 0.2) is 39.5 Å². The van der Waals surface area contributed by atoms with Gasteiger partial charge < -0.3 is 19.6 Å². The van der Waals surface area contributed by atoms with Gasteiger partial charge in [-0.15, -0.1) is 0 Å². The third kappa shape index (κ3) is 2.95. The number of anilines is 1. The molecule has 0 fully saturated rings. The van der Waals surface area contributed by atoms with E-state index in [-0.39, 0.29) is 11.5 Å². The quantitative estimate of drug-likeness (QED) is 0.877. The van der Waals surface area contributed by atoms with Crippen LogP contribution in [0.5, 0.6) is 5.75 Å². The Balaban J connectivity index is 1.82. The molecule has 1 aromatic heterocycles. The lowest BCUT2D eigenvalue weighted by Crippen LogP contribution is -2.15. The van der Waals surface area contributed by atoms with Gasteiger partial charge in [-0.3, -0.25) is 4.79 Å². The second kappa shape index (κ2) is 5.41. The van der Waals surface area contributed by atoms with Gasteiger partial charge in [0.05, 0.1) is 19.3 Å². The Hall–Kier alpha value is -2.60. The lowest BCUT2D eigenvalue weighted by Gasteiger charge is -2.17. The number of amides is 1. The van der Waals surface area contributed by atoms with Gasteiger partial charge in [-0.1, -0.05) is 6.07 Å². The average molecular weight is 287 g/mol. The summed E-state index contributed by atoms with van der Waals surface area (Å²) in [6.45, 7) is 1.23. The van der Waals surface area contributed by atoms with E-state index in [0.29, 0.717) is 18.9 Å². The van der Waals surface area contributed by atoms with Gasteiger partial charge in [0.15, 0.2) is 5.76 Å². The van der Waals surface area contributed by atoms with E-state index in [1.54, 1.807) is 6.07 Å². The molecule has 0 aliphatic carbocycles. The molecule has 1 amide bonds. The molecular formula is C15H13NO5. The highest BCUT2D eigenvalue weighted by molar-refractivity contribution is 6.02. The number of ether oxygens (including phenoxy) is 1. The first-order valence-corrected chi connectivity index (χ1v) is 6.47.